The van der Waals surface area contributed by atoms with E-state index in [1.165, 1.54) is 18.0 Å². The number of rotatable bonds is 1. The molecule has 0 bridgehead atoms. The van der Waals surface area contributed by atoms with Gasteiger partial charge in [0.05, 0.1) is 11.7 Å². The van der Waals surface area contributed by atoms with Crippen LogP contribution >= 0.6 is 0 Å². The molecule has 0 saturated carbocycles. The number of para-hydroxylation sites is 1. The minimum absolute atomic E-state index is 0.938. The zero-order valence-corrected chi connectivity index (χ0v) is 8.07. The number of benzene rings is 1. The van der Waals surface area contributed by atoms with E-state index >= 15 is 0 Å². The van der Waals surface area contributed by atoms with Crippen molar-refractivity contribution in [2.45, 2.75) is 13.5 Å². The highest BCUT2D eigenvalue weighted by Gasteiger charge is 1.96. The monoisotopic (exact) mass is 177 g/mol. The van der Waals surface area contributed by atoms with Crippen molar-refractivity contribution in [1.82, 2.24) is 9.78 Å². The van der Waals surface area contributed by atoms with Gasteiger partial charge >= 0.3 is 0 Å². The number of nitrogens with two attached hydrogens (primary N) is 1. The van der Waals surface area contributed by atoms with Crippen molar-refractivity contribution in [2.75, 3.05) is 7.05 Å². The number of hydrogen-bond acceptors (Lipinski definition) is 2. The molecule has 0 aliphatic carbocycles. The highest BCUT2D eigenvalue weighted by molar-refractivity contribution is 5.78. The van der Waals surface area contributed by atoms with Crippen LogP contribution in [-0.2, 0) is 6.54 Å². The van der Waals surface area contributed by atoms with Gasteiger partial charge < -0.3 is 5.73 Å². The quantitative estimate of drug-likeness (QED) is 0.719. The van der Waals surface area contributed by atoms with E-state index in [0.29, 0.717) is 0 Å². The van der Waals surface area contributed by atoms with Crippen LogP contribution in [0.1, 0.15) is 6.92 Å². The molecule has 0 amide bonds. The van der Waals surface area contributed by atoms with Crippen LogP contribution in [0.3, 0.4) is 0 Å². The lowest BCUT2D eigenvalue weighted by Gasteiger charge is -1.95. The van der Waals surface area contributed by atoms with E-state index in [4.69, 9.17) is 0 Å². The van der Waals surface area contributed by atoms with Crippen LogP contribution in [0.2, 0.25) is 0 Å². The third-order valence-electron chi connectivity index (χ3n) is 1.85. The molecule has 1 aromatic heterocycles. The first-order valence-corrected chi connectivity index (χ1v) is 4.40. The average Bonchev–Trinajstić information content (AvgIpc) is 2.64. The van der Waals surface area contributed by atoms with Gasteiger partial charge in [-0.15, -0.1) is 0 Å². The molecule has 0 fully saturated rings. The summed E-state index contributed by atoms with van der Waals surface area (Å²) in [5.74, 6) is 0. The maximum atomic E-state index is 4.50. The lowest BCUT2D eigenvalue weighted by molar-refractivity contribution is 0.684. The Morgan fingerprint density at radius 2 is 2.00 bits per heavy atom. The topological polar surface area (TPSA) is 43.8 Å². The first-order chi connectivity index (χ1) is 6.42. The number of hydrogen-bond donors (Lipinski definition) is 1. The van der Waals surface area contributed by atoms with Gasteiger partial charge in [-0.25, -0.2) is 0 Å². The van der Waals surface area contributed by atoms with E-state index in [2.05, 4.69) is 29.9 Å². The Balaban J connectivity index is 0.000000396. The maximum absolute atomic E-state index is 4.50. The zero-order valence-electron chi connectivity index (χ0n) is 8.07. The number of aryl methyl sites for hydroxylation is 1. The minimum atomic E-state index is 0.938. The van der Waals surface area contributed by atoms with E-state index in [9.17, 15) is 0 Å². The Hall–Kier alpha value is -1.35. The van der Waals surface area contributed by atoms with Crippen LogP contribution in [0.4, 0.5) is 0 Å². The fourth-order valence-electron chi connectivity index (χ4n) is 1.28. The molecule has 2 rings (SSSR count). The average molecular weight is 177 g/mol. The normalized spacial score (nSPS) is 9.46. The first-order valence-electron chi connectivity index (χ1n) is 4.40. The van der Waals surface area contributed by atoms with Crippen molar-refractivity contribution < 1.29 is 0 Å². The second-order valence-electron chi connectivity index (χ2n) is 2.52. The highest BCUT2D eigenvalue weighted by atomic mass is 15.3. The molecule has 1 heterocycles. The summed E-state index contributed by atoms with van der Waals surface area (Å²) in [5, 5.41) is 5.45. The van der Waals surface area contributed by atoms with Crippen LogP contribution in [0.5, 0.6) is 0 Å². The third kappa shape index (κ3) is 1.87. The molecule has 0 unspecified atom stereocenters. The summed E-state index contributed by atoms with van der Waals surface area (Å²) in [4.78, 5) is 0. The summed E-state index contributed by atoms with van der Waals surface area (Å²) >= 11 is 0. The van der Waals surface area contributed by atoms with Gasteiger partial charge in [-0.3, -0.25) is 4.68 Å². The SMILES string of the molecule is CCn1ncc2ccccc21.CN. The summed E-state index contributed by atoms with van der Waals surface area (Å²) in [5.41, 5.74) is 5.72. The van der Waals surface area contributed by atoms with Gasteiger partial charge in [0, 0.05) is 11.9 Å². The summed E-state index contributed by atoms with van der Waals surface area (Å²) < 4.78 is 2.00. The van der Waals surface area contributed by atoms with Gasteiger partial charge in [-0.05, 0) is 20.0 Å². The van der Waals surface area contributed by atoms with Gasteiger partial charge in [0.25, 0.3) is 0 Å². The molecule has 70 valence electrons. The van der Waals surface area contributed by atoms with Gasteiger partial charge in [-0.1, -0.05) is 18.2 Å². The van der Waals surface area contributed by atoms with Crippen molar-refractivity contribution in [2.24, 2.45) is 5.73 Å². The molecule has 0 saturated heterocycles. The third-order valence-corrected chi connectivity index (χ3v) is 1.85. The summed E-state index contributed by atoms with van der Waals surface area (Å²) in [6, 6.07) is 8.24. The molecule has 2 aromatic rings. The van der Waals surface area contributed by atoms with E-state index in [1.807, 2.05) is 23.0 Å². The van der Waals surface area contributed by atoms with Crippen molar-refractivity contribution in [1.29, 1.82) is 0 Å². The fourth-order valence-corrected chi connectivity index (χ4v) is 1.28. The molecular weight excluding hydrogens is 162 g/mol. The van der Waals surface area contributed by atoms with Crippen LogP contribution < -0.4 is 5.73 Å². The van der Waals surface area contributed by atoms with Crippen molar-refractivity contribution in [3.05, 3.63) is 30.5 Å². The molecule has 0 atom stereocenters. The summed E-state index contributed by atoms with van der Waals surface area (Å²) in [7, 11) is 1.50. The molecule has 0 aliphatic rings. The van der Waals surface area contributed by atoms with E-state index in [1.54, 1.807) is 0 Å². The largest absolute Gasteiger partial charge is 0.333 e. The molecule has 0 radical (unpaired) electrons. The second kappa shape index (κ2) is 4.62. The number of nitrogens with zero attached hydrogens (tertiary/aromatic N) is 2. The zero-order chi connectivity index (χ0) is 9.68. The summed E-state index contributed by atoms with van der Waals surface area (Å²) in [6.07, 6.45) is 1.90. The van der Waals surface area contributed by atoms with Crippen LogP contribution in [-0.4, -0.2) is 16.8 Å². The van der Waals surface area contributed by atoms with E-state index in [-0.39, 0.29) is 0 Å². The van der Waals surface area contributed by atoms with Crippen LogP contribution in [0, 0.1) is 0 Å². The van der Waals surface area contributed by atoms with Gasteiger partial charge in [0.2, 0.25) is 0 Å². The van der Waals surface area contributed by atoms with E-state index < -0.39 is 0 Å². The molecule has 0 aliphatic heterocycles. The molecule has 2 N–H and O–H groups in total. The smallest absolute Gasteiger partial charge is 0.0682 e. The molecule has 13 heavy (non-hydrogen) atoms. The summed E-state index contributed by atoms with van der Waals surface area (Å²) in [6.45, 7) is 3.03. The van der Waals surface area contributed by atoms with Gasteiger partial charge in [0.15, 0.2) is 0 Å². The molecule has 3 nitrogen and oxygen atoms in total. The lowest BCUT2D eigenvalue weighted by atomic mass is 10.3. The first kappa shape index (κ1) is 9.74. The highest BCUT2D eigenvalue weighted by Crippen LogP contribution is 2.11. The minimum Gasteiger partial charge on any atom is -0.333 e. The predicted octanol–water partition coefficient (Wildman–Crippen LogP) is 1.63. The fraction of sp³-hybridized carbons (Fsp3) is 0.300. The Morgan fingerprint density at radius 3 is 2.69 bits per heavy atom. The van der Waals surface area contributed by atoms with E-state index in [0.717, 1.165) is 6.54 Å². The Morgan fingerprint density at radius 1 is 1.31 bits per heavy atom. The Kier molecular flexibility index (Phi) is 3.46. The van der Waals surface area contributed by atoms with Gasteiger partial charge in [-0.2, -0.15) is 5.10 Å². The Bertz CT molecular complexity index is 365. The molecule has 1 aromatic carbocycles. The molecule has 0 spiro atoms. The van der Waals surface area contributed by atoms with Crippen LogP contribution in [0.15, 0.2) is 30.5 Å². The maximum Gasteiger partial charge on any atom is 0.0682 e. The standard InChI is InChI=1S/C9H10N2.CH5N/c1-2-11-9-6-4-3-5-8(9)7-10-11;1-2/h3-7H,2H2,1H3;2H2,1H3. The van der Waals surface area contributed by atoms with Gasteiger partial charge in [0.1, 0.15) is 0 Å². The number of fused-ring (bicyclic) bond motifs is 1. The van der Waals surface area contributed by atoms with Crippen molar-refractivity contribution in [3.8, 4) is 0 Å². The van der Waals surface area contributed by atoms with Crippen molar-refractivity contribution in [3.63, 3.8) is 0 Å². The predicted molar refractivity (Wildman–Crippen MR) is 55.5 cm³/mol. The van der Waals surface area contributed by atoms with Crippen molar-refractivity contribution >= 4 is 10.9 Å². The number of aromatic nitrogens is 2. The molecular formula is C10H15N3. The second-order valence-corrected chi connectivity index (χ2v) is 2.52. The molecule has 3 heteroatoms. The lowest BCUT2D eigenvalue weighted by Crippen LogP contribution is -1.94. The Labute approximate surface area is 78.2 Å². The van der Waals surface area contributed by atoms with Crippen LogP contribution in [0.25, 0.3) is 10.9 Å².